The zero-order valence-corrected chi connectivity index (χ0v) is 21.6. The maximum absolute atomic E-state index is 15.0. The second kappa shape index (κ2) is 10.7. The van der Waals surface area contributed by atoms with E-state index >= 15 is 0 Å². The molecule has 0 unspecified atom stereocenters. The van der Waals surface area contributed by atoms with Crippen LogP contribution in [0.25, 0.3) is 0 Å². The molecular weight excluding hydrogens is 521 g/mol. The molecule has 1 aromatic heterocycles. The van der Waals surface area contributed by atoms with Crippen LogP contribution >= 0.6 is 11.3 Å². The fraction of sp³-hybridized carbons (Fsp3) is 0.208. The molecular formula is C24H24FN5O5S2. The normalized spacial score (nSPS) is 13.5. The number of amides is 4. The van der Waals surface area contributed by atoms with Crippen molar-refractivity contribution in [2.24, 2.45) is 0 Å². The molecule has 2 aromatic carbocycles. The molecule has 37 heavy (non-hydrogen) atoms. The number of thiophene rings is 1. The number of likely N-dealkylation sites (N-methyl/N-ethyl adjacent to an activating group) is 1. The van der Waals surface area contributed by atoms with E-state index in [2.05, 4.69) is 10.6 Å². The van der Waals surface area contributed by atoms with E-state index in [1.165, 1.54) is 24.3 Å². The summed E-state index contributed by atoms with van der Waals surface area (Å²) >= 11 is 0.934. The van der Waals surface area contributed by atoms with Crippen LogP contribution < -0.4 is 20.3 Å². The van der Waals surface area contributed by atoms with Gasteiger partial charge in [-0.05, 0) is 67.5 Å². The first-order chi connectivity index (χ1) is 17.5. The van der Waals surface area contributed by atoms with E-state index in [0.717, 1.165) is 34.5 Å². The molecule has 10 nitrogen and oxygen atoms in total. The quantitative estimate of drug-likeness (QED) is 0.371. The van der Waals surface area contributed by atoms with E-state index in [1.54, 1.807) is 23.6 Å². The van der Waals surface area contributed by atoms with Gasteiger partial charge >= 0.3 is 6.03 Å². The number of hydrogen-bond acceptors (Lipinski definition) is 8. The maximum atomic E-state index is 15.0. The summed E-state index contributed by atoms with van der Waals surface area (Å²) in [5.74, 6) is -2.20. The van der Waals surface area contributed by atoms with Gasteiger partial charge in [0.15, 0.2) is 0 Å². The first kappa shape index (κ1) is 26.3. The number of nitrogens with zero attached hydrogens (tertiary/aromatic N) is 2. The number of sulfonamides is 1. The van der Waals surface area contributed by atoms with Crippen LogP contribution in [0.5, 0.6) is 0 Å². The van der Waals surface area contributed by atoms with Crippen LogP contribution in [0, 0.1) is 5.82 Å². The Balaban J connectivity index is 1.47. The van der Waals surface area contributed by atoms with E-state index in [-0.39, 0.29) is 27.6 Å². The highest BCUT2D eigenvalue weighted by Gasteiger charge is 2.34. The molecule has 194 valence electrons. The minimum Gasteiger partial charge on any atom is -0.384 e. The van der Waals surface area contributed by atoms with E-state index in [4.69, 9.17) is 0 Å². The fourth-order valence-corrected chi connectivity index (χ4v) is 5.61. The van der Waals surface area contributed by atoms with Gasteiger partial charge in [0.2, 0.25) is 5.91 Å². The number of rotatable bonds is 8. The van der Waals surface area contributed by atoms with E-state index in [9.17, 15) is 27.2 Å². The molecule has 0 bridgehead atoms. The average molecular weight is 546 g/mol. The first-order valence-corrected chi connectivity index (χ1v) is 13.5. The van der Waals surface area contributed by atoms with Crippen molar-refractivity contribution in [1.29, 1.82) is 0 Å². The van der Waals surface area contributed by atoms with Gasteiger partial charge in [-0.3, -0.25) is 9.59 Å². The van der Waals surface area contributed by atoms with Gasteiger partial charge < -0.3 is 15.5 Å². The summed E-state index contributed by atoms with van der Waals surface area (Å²) in [6.07, 6.45) is -0.0906. The molecule has 1 aliphatic heterocycles. The number of urea groups is 1. The minimum atomic E-state index is -4.07. The third kappa shape index (κ3) is 5.96. The van der Waals surface area contributed by atoms with Crippen molar-refractivity contribution in [3.63, 3.8) is 0 Å². The van der Waals surface area contributed by atoms with E-state index in [0.29, 0.717) is 12.1 Å². The van der Waals surface area contributed by atoms with Crippen LogP contribution in [0.3, 0.4) is 0 Å². The molecule has 2 heterocycles. The Kier molecular flexibility index (Phi) is 7.57. The maximum Gasteiger partial charge on any atom is 0.333 e. The predicted molar refractivity (Wildman–Crippen MR) is 139 cm³/mol. The summed E-state index contributed by atoms with van der Waals surface area (Å²) < 4.78 is 41.1. The van der Waals surface area contributed by atoms with Crippen molar-refractivity contribution < 1.29 is 27.2 Å². The topological polar surface area (TPSA) is 128 Å². The molecule has 0 atom stereocenters. The summed E-state index contributed by atoms with van der Waals surface area (Å²) in [6.45, 7) is 1.49. The number of imide groups is 1. The van der Waals surface area contributed by atoms with Crippen molar-refractivity contribution in [3.8, 4) is 0 Å². The molecule has 4 rings (SSSR count). The Bertz CT molecular complexity index is 1460. The van der Waals surface area contributed by atoms with Crippen LogP contribution in [0.1, 0.15) is 15.9 Å². The summed E-state index contributed by atoms with van der Waals surface area (Å²) in [6, 6.07) is 10.2. The molecule has 0 saturated heterocycles. The molecule has 4 amide bonds. The molecule has 1 aliphatic rings. The first-order valence-electron chi connectivity index (χ1n) is 11.1. The van der Waals surface area contributed by atoms with Gasteiger partial charge in [-0.2, -0.15) is 0 Å². The van der Waals surface area contributed by atoms with Gasteiger partial charge in [-0.15, -0.1) is 11.3 Å². The molecule has 13 heteroatoms. The number of anilines is 3. The molecule has 0 fully saturated rings. The van der Waals surface area contributed by atoms with Crippen LogP contribution in [0.2, 0.25) is 0 Å². The molecule has 0 spiro atoms. The second-order valence-corrected chi connectivity index (χ2v) is 11.3. The Morgan fingerprint density at radius 2 is 1.86 bits per heavy atom. The number of hydrogen-bond donors (Lipinski definition) is 3. The van der Waals surface area contributed by atoms with Crippen molar-refractivity contribution >= 4 is 56.3 Å². The minimum absolute atomic E-state index is 0.0527. The van der Waals surface area contributed by atoms with Gasteiger partial charge in [-0.1, -0.05) is 6.07 Å². The monoisotopic (exact) mass is 545 g/mol. The van der Waals surface area contributed by atoms with Crippen molar-refractivity contribution in [3.05, 3.63) is 70.9 Å². The number of carbonyl (C=O) groups is 3. The van der Waals surface area contributed by atoms with Gasteiger partial charge in [-0.25, -0.2) is 27.2 Å². The van der Waals surface area contributed by atoms with Crippen molar-refractivity contribution in [1.82, 2.24) is 9.62 Å². The fourth-order valence-electron chi connectivity index (χ4n) is 3.71. The highest BCUT2D eigenvalue weighted by Crippen LogP contribution is 2.30. The lowest BCUT2D eigenvalue weighted by Crippen LogP contribution is -2.43. The highest BCUT2D eigenvalue weighted by molar-refractivity contribution is 7.92. The number of fused-ring (bicyclic) bond motifs is 1. The SMILES string of the molecule is CN(C)CCNc1ccc2c(c1)CC(=O)N(c1ccc(NC(=O)NS(=O)(=O)c3cccs3)cc1F)C2=O. The van der Waals surface area contributed by atoms with E-state index < -0.39 is 33.7 Å². The lowest BCUT2D eigenvalue weighted by Gasteiger charge is -2.27. The van der Waals surface area contributed by atoms with Gasteiger partial charge in [0.1, 0.15) is 10.0 Å². The van der Waals surface area contributed by atoms with Gasteiger partial charge in [0, 0.05) is 30.0 Å². The molecule has 0 aliphatic carbocycles. The van der Waals surface area contributed by atoms with Crippen LogP contribution in [-0.2, 0) is 21.2 Å². The summed E-state index contributed by atoms with van der Waals surface area (Å²) in [5, 5.41) is 7.02. The number of halogens is 1. The summed E-state index contributed by atoms with van der Waals surface area (Å²) in [7, 11) is -0.164. The summed E-state index contributed by atoms with van der Waals surface area (Å²) in [4.78, 5) is 40.9. The van der Waals surface area contributed by atoms with Crippen molar-refractivity contribution in [2.75, 3.05) is 42.7 Å². The van der Waals surface area contributed by atoms with E-state index in [1.807, 2.05) is 23.7 Å². The van der Waals surface area contributed by atoms with Gasteiger partial charge in [0.05, 0.1) is 12.1 Å². The van der Waals surface area contributed by atoms with Crippen molar-refractivity contribution in [2.45, 2.75) is 10.6 Å². The zero-order chi connectivity index (χ0) is 26.7. The lowest BCUT2D eigenvalue weighted by atomic mass is 9.97. The Morgan fingerprint density at radius 3 is 2.54 bits per heavy atom. The van der Waals surface area contributed by atoms with Crippen LogP contribution in [-0.4, -0.2) is 58.3 Å². The van der Waals surface area contributed by atoms with Gasteiger partial charge in [0.25, 0.3) is 15.9 Å². The number of carbonyl (C=O) groups excluding carboxylic acids is 3. The Labute approximate surface area is 217 Å². The van der Waals surface area contributed by atoms with Crippen LogP contribution in [0.4, 0.5) is 26.2 Å². The average Bonchev–Trinajstić information content (AvgIpc) is 3.36. The number of nitrogens with one attached hydrogen (secondary N) is 3. The van der Waals surface area contributed by atoms with Crippen LogP contribution in [0.15, 0.2) is 58.1 Å². The number of benzene rings is 2. The third-order valence-corrected chi connectivity index (χ3v) is 8.18. The smallest absolute Gasteiger partial charge is 0.333 e. The molecule has 3 aromatic rings. The predicted octanol–water partition coefficient (Wildman–Crippen LogP) is 3.10. The highest BCUT2D eigenvalue weighted by atomic mass is 32.2. The Morgan fingerprint density at radius 1 is 1.11 bits per heavy atom. The lowest BCUT2D eigenvalue weighted by molar-refractivity contribution is -0.117. The zero-order valence-electron chi connectivity index (χ0n) is 19.9. The second-order valence-electron chi connectivity index (χ2n) is 8.47. The largest absolute Gasteiger partial charge is 0.384 e. The summed E-state index contributed by atoms with van der Waals surface area (Å²) in [5.41, 5.74) is 1.27. The Hall–Kier alpha value is -3.81. The standard InChI is InChI=1S/C24H24FN5O5S2/c1-29(2)10-9-26-16-5-7-18-15(12-16)13-21(31)30(23(18)32)20-8-6-17(14-19(20)25)27-24(33)28-37(34,35)22-4-3-11-36-22/h3-8,11-12,14,26H,9-10,13H2,1-2H3,(H2,27,28,33). The molecule has 0 radical (unpaired) electrons. The molecule has 0 saturated carbocycles. The molecule has 3 N–H and O–H groups in total. The third-order valence-electron chi connectivity index (χ3n) is 5.45.